The van der Waals surface area contributed by atoms with Gasteiger partial charge in [0.15, 0.2) is 11.5 Å². The lowest BCUT2D eigenvalue weighted by molar-refractivity contribution is -0.130. The standard InChI is InChI=1S/C26H28N2O4/c29-24(11-8-19-6-2-1-3-7-19)28-16-12-20(13-17-28)25(30)27-21-9-10-22-23(18-21)32-26(31-22)14-4-5-15-26/h1-3,6-11,18,20H,4-5,12-17H2,(H,27,30). The molecule has 0 aromatic heterocycles. The van der Waals surface area contributed by atoms with Crippen molar-refractivity contribution < 1.29 is 19.1 Å². The maximum Gasteiger partial charge on any atom is 0.251 e. The molecule has 0 bridgehead atoms. The van der Waals surface area contributed by atoms with E-state index >= 15 is 0 Å². The minimum Gasteiger partial charge on any atom is -0.448 e. The highest BCUT2D eigenvalue weighted by Gasteiger charge is 2.44. The van der Waals surface area contributed by atoms with Crippen molar-refractivity contribution in [2.24, 2.45) is 5.92 Å². The van der Waals surface area contributed by atoms with Gasteiger partial charge in [0.05, 0.1) is 0 Å². The average Bonchev–Trinajstić information content (AvgIpc) is 3.43. The number of fused-ring (bicyclic) bond motifs is 1. The monoisotopic (exact) mass is 432 g/mol. The Hall–Kier alpha value is -3.28. The molecular weight excluding hydrogens is 404 g/mol. The molecule has 0 atom stereocenters. The van der Waals surface area contributed by atoms with Gasteiger partial charge in [0.2, 0.25) is 11.8 Å². The molecule has 32 heavy (non-hydrogen) atoms. The lowest BCUT2D eigenvalue weighted by atomic mass is 9.95. The number of ether oxygens (including phenoxy) is 2. The molecule has 1 spiro atoms. The summed E-state index contributed by atoms with van der Waals surface area (Å²) in [5, 5.41) is 3.02. The number of hydrogen-bond acceptors (Lipinski definition) is 4. The first-order valence-electron chi connectivity index (χ1n) is 11.5. The lowest BCUT2D eigenvalue weighted by Crippen LogP contribution is -2.40. The van der Waals surface area contributed by atoms with Crippen LogP contribution in [0, 0.1) is 5.92 Å². The van der Waals surface area contributed by atoms with Gasteiger partial charge in [-0.05, 0) is 49.5 Å². The summed E-state index contributed by atoms with van der Waals surface area (Å²) < 4.78 is 12.1. The smallest absolute Gasteiger partial charge is 0.251 e. The molecule has 2 aromatic carbocycles. The normalized spacial score (nSPS) is 19.6. The molecule has 2 heterocycles. The Bertz CT molecular complexity index is 1020. The number of carbonyl (C=O) groups excluding carboxylic acids is 2. The van der Waals surface area contributed by atoms with Crippen molar-refractivity contribution in [2.45, 2.75) is 44.3 Å². The molecule has 2 aromatic rings. The molecule has 2 amide bonds. The average molecular weight is 433 g/mol. The van der Waals surface area contributed by atoms with E-state index in [9.17, 15) is 9.59 Å². The van der Waals surface area contributed by atoms with E-state index in [1.165, 1.54) is 0 Å². The van der Waals surface area contributed by atoms with E-state index < -0.39 is 5.79 Å². The van der Waals surface area contributed by atoms with Gasteiger partial charge in [-0.1, -0.05) is 30.3 Å². The first-order valence-corrected chi connectivity index (χ1v) is 11.5. The predicted molar refractivity (Wildman–Crippen MR) is 122 cm³/mol. The molecule has 3 aliphatic rings. The topological polar surface area (TPSA) is 67.9 Å². The minimum atomic E-state index is -0.501. The zero-order chi connectivity index (χ0) is 22.0. The third-order valence-corrected chi connectivity index (χ3v) is 6.56. The highest BCUT2D eigenvalue weighted by atomic mass is 16.7. The first kappa shape index (κ1) is 20.6. The Balaban J connectivity index is 1.13. The van der Waals surface area contributed by atoms with Gasteiger partial charge in [-0.2, -0.15) is 0 Å². The van der Waals surface area contributed by atoms with Crippen LogP contribution in [-0.4, -0.2) is 35.6 Å². The van der Waals surface area contributed by atoms with Gasteiger partial charge in [0, 0.05) is 49.7 Å². The Labute approximate surface area is 188 Å². The third kappa shape index (κ3) is 4.35. The van der Waals surface area contributed by atoms with E-state index in [1.807, 2.05) is 59.5 Å². The Morgan fingerprint density at radius 1 is 0.969 bits per heavy atom. The van der Waals surface area contributed by atoms with Gasteiger partial charge in [-0.3, -0.25) is 9.59 Å². The van der Waals surface area contributed by atoms with Crippen molar-refractivity contribution in [3.8, 4) is 11.5 Å². The number of benzene rings is 2. The van der Waals surface area contributed by atoms with Crippen LogP contribution in [0.1, 0.15) is 44.1 Å². The van der Waals surface area contributed by atoms with E-state index in [2.05, 4.69) is 5.32 Å². The number of nitrogens with zero attached hydrogens (tertiary/aromatic N) is 1. The maximum atomic E-state index is 12.8. The molecule has 6 heteroatoms. The van der Waals surface area contributed by atoms with Crippen LogP contribution in [0.15, 0.2) is 54.6 Å². The van der Waals surface area contributed by atoms with Crippen LogP contribution in [0.2, 0.25) is 0 Å². The Morgan fingerprint density at radius 2 is 1.69 bits per heavy atom. The summed E-state index contributed by atoms with van der Waals surface area (Å²) in [5.41, 5.74) is 1.72. The van der Waals surface area contributed by atoms with Gasteiger partial charge < -0.3 is 19.7 Å². The summed E-state index contributed by atoms with van der Waals surface area (Å²) in [7, 11) is 0. The second-order valence-electron chi connectivity index (χ2n) is 8.82. The fourth-order valence-electron chi connectivity index (χ4n) is 4.73. The summed E-state index contributed by atoms with van der Waals surface area (Å²) in [6.45, 7) is 1.17. The quantitative estimate of drug-likeness (QED) is 0.716. The van der Waals surface area contributed by atoms with E-state index in [1.54, 1.807) is 6.08 Å². The zero-order valence-electron chi connectivity index (χ0n) is 18.1. The van der Waals surface area contributed by atoms with Crippen molar-refractivity contribution in [2.75, 3.05) is 18.4 Å². The van der Waals surface area contributed by atoms with Crippen LogP contribution < -0.4 is 14.8 Å². The molecule has 1 saturated heterocycles. The second kappa shape index (κ2) is 8.69. The summed E-state index contributed by atoms with van der Waals surface area (Å²) in [6.07, 6.45) is 8.79. The fourth-order valence-corrected chi connectivity index (χ4v) is 4.73. The van der Waals surface area contributed by atoms with Gasteiger partial charge in [-0.25, -0.2) is 0 Å². The van der Waals surface area contributed by atoms with Gasteiger partial charge in [0.25, 0.3) is 5.79 Å². The van der Waals surface area contributed by atoms with E-state index in [0.29, 0.717) is 31.7 Å². The Kier molecular flexibility index (Phi) is 5.60. The summed E-state index contributed by atoms with van der Waals surface area (Å²) >= 11 is 0. The SMILES string of the molecule is O=C(Nc1ccc2c(c1)OC1(CCCC1)O2)C1CCN(C(=O)C=Cc2ccccc2)CC1. The highest BCUT2D eigenvalue weighted by Crippen LogP contribution is 2.47. The summed E-state index contributed by atoms with van der Waals surface area (Å²) in [4.78, 5) is 27.1. The van der Waals surface area contributed by atoms with E-state index in [0.717, 1.165) is 42.7 Å². The Morgan fingerprint density at radius 3 is 2.44 bits per heavy atom. The number of anilines is 1. The lowest BCUT2D eigenvalue weighted by Gasteiger charge is -2.30. The molecule has 1 aliphatic carbocycles. The number of nitrogens with one attached hydrogen (secondary N) is 1. The number of amides is 2. The molecule has 166 valence electrons. The van der Waals surface area contributed by atoms with Crippen LogP contribution >= 0.6 is 0 Å². The third-order valence-electron chi connectivity index (χ3n) is 6.56. The van der Waals surface area contributed by atoms with E-state index in [-0.39, 0.29) is 17.7 Å². The molecule has 6 nitrogen and oxygen atoms in total. The van der Waals surface area contributed by atoms with Crippen molar-refractivity contribution in [3.05, 3.63) is 60.2 Å². The van der Waals surface area contributed by atoms with Gasteiger partial charge in [-0.15, -0.1) is 0 Å². The zero-order valence-corrected chi connectivity index (χ0v) is 18.1. The summed E-state index contributed by atoms with van der Waals surface area (Å²) in [5.74, 6) is 0.828. The van der Waals surface area contributed by atoms with Crippen LogP contribution in [0.25, 0.3) is 6.08 Å². The first-order chi connectivity index (χ1) is 15.6. The number of carbonyl (C=O) groups is 2. The van der Waals surface area contributed by atoms with Crippen molar-refractivity contribution in [3.63, 3.8) is 0 Å². The second-order valence-corrected chi connectivity index (χ2v) is 8.82. The summed E-state index contributed by atoms with van der Waals surface area (Å²) in [6, 6.07) is 15.4. The molecule has 0 unspecified atom stereocenters. The van der Waals surface area contributed by atoms with Crippen LogP contribution in [0.4, 0.5) is 5.69 Å². The van der Waals surface area contributed by atoms with Crippen molar-refractivity contribution >= 4 is 23.6 Å². The molecule has 1 N–H and O–H groups in total. The maximum absolute atomic E-state index is 12.8. The molecule has 0 radical (unpaired) electrons. The van der Waals surface area contributed by atoms with Crippen LogP contribution in [0.3, 0.4) is 0 Å². The number of rotatable bonds is 4. The van der Waals surface area contributed by atoms with Gasteiger partial charge in [0.1, 0.15) is 0 Å². The molecule has 5 rings (SSSR count). The minimum absolute atomic E-state index is 0.00799. The van der Waals surface area contributed by atoms with Crippen molar-refractivity contribution in [1.29, 1.82) is 0 Å². The largest absolute Gasteiger partial charge is 0.448 e. The van der Waals surface area contributed by atoms with Crippen LogP contribution in [0.5, 0.6) is 11.5 Å². The molecule has 2 aliphatic heterocycles. The van der Waals surface area contributed by atoms with E-state index in [4.69, 9.17) is 9.47 Å². The molecule has 1 saturated carbocycles. The predicted octanol–water partition coefficient (Wildman–Crippen LogP) is 4.62. The molecular formula is C26H28N2O4. The molecule has 2 fully saturated rings. The fraction of sp³-hybridized carbons (Fsp3) is 0.385. The van der Waals surface area contributed by atoms with Gasteiger partial charge >= 0.3 is 0 Å². The number of hydrogen-bond donors (Lipinski definition) is 1. The number of piperidine rings is 1. The van der Waals surface area contributed by atoms with Crippen LogP contribution in [-0.2, 0) is 9.59 Å². The highest BCUT2D eigenvalue weighted by molar-refractivity contribution is 5.94. The van der Waals surface area contributed by atoms with Crippen molar-refractivity contribution in [1.82, 2.24) is 4.90 Å². The number of likely N-dealkylation sites (tertiary alicyclic amines) is 1.